The van der Waals surface area contributed by atoms with Gasteiger partial charge in [0.15, 0.2) is 0 Å². The highest BCUT2D eigenvalue weighted by atomic mass is 14.7. The molecular weight excluding hydrogens is 208 g/mol. The summed E-state index contributed by atoms with van der Waals surface area (Å²) >= 11 is 0. The van der Waals surface area contributed by atoms with E-state index in [-0.39, 0.29) is 5.92 Å². The number of pyridine rings is 1. The second kappa shape index (κ2) is 5.27. The predicted octanol–water partition coefficient (Wildman–Crippen LogP) is 3.24. The van der Waals surface area contributed by atoms with E-state index < -0.39 is 0 Å². The second-order valence-corrected chi connectivity index (χ2v) is 4.07. The van der Waals surface area contributed by atoms with Gasteiger partial charge in [-0.2, -0.15) is 5.26 Å². The third-order valence-electron chi connectivity index (χ3n) is 2.72. The molecule has 1 heterocycles. The molecule has 17 heavy (non-hydrogen) atoms. The van der Waals surface area contributed by atoms with E-state index in [1.807, 2.05) is 55.5 Å². The first kappa shape index (κ1) is 11.3. The molecule has 1 atom stereocenters. The van der Waals surface area contributed by atoms with E-state index in [4.69, 9.17) is 0 Å². The summed E-state index contributed by atoms with van der Waals surface area (Å²) in [6.07, 6.45) is 0.669. The zero-order valence-electron chi connectivity index (χ0n) is 9.80. The molecule has 0 saturated carbocycles. The van der Waals surface area contributed by atoms with Gasteiger partial charge in [-0.3, -0.25) is 4.98 Å². The molecule has 0 bridgehead atoms. The third-order valence-corrected chi connectivity index (χ3v) is 2.72. The maximum absolute atomic E-state index is 9.23. The summed E-state index contributed by atoms with van der Waals surface area (Å²) in [4.78, 5) is 4.44. The number of benzene rings is 1. The summed E-state index contributed by atoms with van der Waals surface area (Å²) in [5.74, 6) is -0.120. The van der Waals surface area contributed by atoms with Gasteiger partial charge in [-0.1, -0.05) is 36.4 Å². The van der Waals surface area contributed by atoms with Gasteiger partial charge in [-0.25, -0.2) is 0 Å². The molecule has 2 aromatic rings. The Labute approximate surface area is 102 Å². The van der Waals surface area contributed by atoms with Crippen LogP contribution in [-0.4, -0.2) is 4.98 Å². The number of aryl methyl sites for hydroxylation is 1. The van der Waals surface area contributed by atoms with Crippen LogP contribution < -0.4 is 0 Å². The van der Waals surface area contributed by atoms with Crippen LogP contribution in [0.25, 0.3) is 0 Å². The van der Waals surface area contributed by atoms with Gasteiger partial charge < -0.3 is 0 Å². The van der Waals surface area contributed by atoms with Crippen LogP contribution in [-0.2, 0) is 6.42 Å². The summed E-state index contributed by atoms with van der Waals surface area (Å²) < 4.78 is 0. The Bertz CT molecular complexity index is 526. The monoisotopic (exact) mass is 222 g/mol. The van der Waals surface area contributed by atoms with Gasteiger partial charge in [0.25, 0.3) is 0 Å². The molecule has 0 spiro atoms. The number of nitrogens with zero attached hydrogens (tertiary/aromatic N) is 2. The molecule has 0 aliphatic rings. The van der Waals surface area contributed by atoms with Crippen LogP contribution in [0, 0.1) is 18.3 Å². The van der Waals surface area contributed by atoms with Crippen molar-refractivity contribution in [2.24, 2.45) is 0 Å². The fourth-order valence-electron chi connectivity index (χ4n) is 1.85. The number of aromatic nitrogens is 1. The lowest BCUT2D eigenvalue weighted by Crippen LogP contribution is -2.02. The van der Waals surface area contributed by atoms with E-state index in [0.29, 0.717) is 6.42 Å². The highest BCUT2D eigenvalue weighted by molar-refractivity contribution is 5.27. The highest BCUT2D eigenvalue weighted by Gasteiger charge is 2.11. The van der Waals surface area contributed by atoms with Gasteiger partial charge in [0.1, 0.15) is 0 Å². The number of rotatable bonds is 3. The zero-order valence-corrected chi connectivity index (χ0v) is 9.80. The average Bonchev–Trinajstić information content (AvgIpc) is 2.37. The quantitative estimate of drug-likeness (QED) is 0.799. The Hall–Kier alpha value is -2.14. The molecule has 0 fully saturated rings. The first-order chi connectivity index (χ1) is 8.29. The Morgan fingerprint density at radius 2 is 1.88 bits per heavy atom. The Morgan fingerprint density at radius 1 is 1.12 bits per heavy atom. The van der Waals surface area contributed by atoms with E-state index in [1.165, 1.54) is 0 Å². The summed E-state index contributed by atoms with van der Waals surface area (Å²) in [6.45, 7) is 1.97. The molecule has 1 unspecified atom stereocenters. The van der Waals surface area contributed by atoms with Gasteiger partial charge in [-0.05, 0) is 24.6 Å². The largest absolute Gasteiger partial charge is 0.258 e. The fourth-order valence-corrected chi connectivity index (χ4v) is 1.85. The third kappa shape index (κ3) is 2.92. The molecule has 0 N–H and O–H groups in total. The maximum atomic E-state index is 9.23. The number of hydrogen-bond acceptors (Lipinski definition) is 2. The minimum Gasteiger partial charge on any atom is -0.258 e. The molecular formula is C15H14N2. The van der Waals surface area contributed by atoms with Crippen molar-refractivity contribution in [3.05, 3.63) is 65.5 Å². The predicted molar refractivity (Wildman–Crippen MR) is 67.5 cm³/mol. The van der Waals surface area contributed by atoms with Crippen LogP contribution in [0.2, 0.25) is 0 Å². The minimum absolute atomic E-state index is 0.120. The van der Waals surface area contributed by atoms with Crippen molar-refractivity contribution in [1.29, 1.82) is 5.26 Å². The summed E-state index contributed by atoms with van der Waals surface area (Å²) in [7, 11) is 0. The van der Waals surface area contributed by atoms with E-state index >= 15 is 0 Å². The van der Waals surface area contributed by atoms with Gasteiger partial charge in [0.05, 0.1) is 12.0 Å². The molecule has 0 saturated heterocycles. The van der Waals surface area contributed by atoms with Crippen molar-refractivity contribution in [3.8, 4) is 6.07 Å². The van der Waals surface area contributed by atoms with Crippen molar-refractivity contribution in [2.75, 3.05) is 0 Å². The molecule has 2 nitrogen and oxygen atoms in total. The standard InChI is InChI=1S/C15H14N2/c1-12-6-5-9-15(17-12)10-14(11-16)13-7-3-2-4-8-13/h2-9,14H,10H2,1H3. The van der Waals surface area contributed by atoms with Crippen LogP contribution in [0.5, 0.6) is 0 Å². The molecule has 1 aromatic heterocycles. The van der Waals surface area contributed by atoms with E-state index in [9.17, 15) is 5.26 Å². The first-order valence-electron chi connectivity index (χ1n) is 5.66. The number of hydrogen-bond donors (Lipinski definition) is 0. The normalized spacial score (nSPS) is 11.8. The van der Waals surface area contributed by atoms with Gasteiger partial charge >= 0.3 is 0 Å². The summed E-state index contributed by atoms with van der Waals surface area (Å²) in [5, 5.41) is 9.23. The molecule has 2 rings (SSSR count). The lowest BCUT2D eigenvalue weighted by atomic mass is 9.95. The summed E-state index contributed by atoms with van der Waals surface area (Å²) in [6, 6.07) is 18.1. The molecule has 2 heteroatoms. The Morgan fingerprint density at radius 3 is 2.53 bits per heavy atom. The molecule has 0 aliphatic carbocycles. The van der Waals surface area contributed by atoms with E-state index in [1.54, 1.807) is 0 Å². The number of nitriles is 1. The van der Waals surface area contributed by atoms with Crippen LogP contribution >= 0.6 is 0 Å². The zero-order chi connectivity index (χ0) is 12.1. The van der Waals surface area contributed by atoms with Crippen molar-refractivity contribution in [2.45, 2.75) is 19.3 Å². The van der Waals surface area contributed by atoms with Crippen LogP contribution in [0.1, 0.15) is 22.9 Å². The van der Waals surface area contributed by atoms with E-state index in [0.717, 1.165) is 17.0 Å². The smallest absolute Gasteiger partial charge is 0.0768 e. The van der Waals surface area contributed by atoms with Crippen molar-refractivity contribution >= 4 is 0 Å². The van der Waals surface area contributed by atoms with Gasteiger partial charge in [0, 0.05) is 17.8 Å². The van der Waals surface area contributed by atoms with Crippen molar-refractivity contribution in [1.82, 2.24) is 4.98 Å². The fraction of sp³-hybridized carbons (Fsp3) is 0.200. The molecule has 84 valence electrons. The Kier molecular flexibility index (Phi) is 3.52. The first-order valence-corrected chi connectivity index (χ1v) is 5.66. The average molecular weight is 222 g/mol. The van der Waals surface area contributed by atoms with Crippen LogP contribution in [0.4, 0.5) is 0 Å². The minimum atomic E-state index is -0.120. The Balaban J connectivity index is 2.20. The van der Waals surface area contributed by atoms with Crippen LogP contribution in [0.3, 0.4) is 0 Å². The van der Waals surface area contributed by atoms with Gasteiger partial charge in [-0.15, -0.1) is 0 Å². The second-order valence-electron chi connectivity index (χ2n) is 4.07. The van der Waals surface area contributed by atoms with Crippen molar-refractivity contribution in [3.63, 3.8) is 0 Å². The van der Waals surface area contributed by atoms with Crippen LogP contribution in [0.15, 0.2) is 48.5 Å². The maximum Gasteiger partial charge on any atom is 0.0768 e. The molecule has 0 amide bonds. The van der Waals surface area contributed by atoms with E-state index in [2.05, 4.69) is 11.1 Å². The highest BCUT2D eigenvalue weighted by Crippen LogP contribution is 2.19. The SMILES string of the molecule is Cc1cccc(CC(C#N)c2ccccc2)n1. The summed E-state index contributed by atoms with van der Waals surface area (Å²) in [5.41, 5.74) is 3.02. The topological polar surface area (TPSA) is 36.7 Å². The molecule has 0 aliphatic heterocycles. The van der Waals surface area contributed by atoms with Gasteiger partial charge in [0.2, 0.25) is 0 Å². The molecule has 0 radical (unpaired) electrons. The van der Waals surface area contributed by atoms with Crippen molar-refractivity contribution < 1.29 is 0 Å². The lowest BCUT2D eigenvalue weighted by molar-refractivity contribution is 0.816. The lowest BCUT2D eigenvalue weighted by Gasteiger charge is -2.09. The molecule has 1 aromatic carbocycles.